The fourth-order valence-electron chi connectivity index (χ4n) is 4.72. The summed E-state index contributed by atoms with van der Waals surface area (Å²) in [4.78, 5) is 25.7. The third-order valence-electron chi connectivity index (χ3n) is 6.83. The first-order chi connectivity index (χ1) is 17.3. The van der Waals surface area contributed by atoms with E-state index in [1.807, 2.05) is 37.1 Å². The highest BCUT2D eigenvalue weighted by Crippen LogP contribution is 2.31. The van der Waals surface area contributed by atoms with Crippen LogP contribution in [-0.2, 0) is 4.79 Å². The summed E-state index contributed by atoms with van der Waals surface area (Å²) in [5, 5.41) is 8.38. The van der Waals surface area contributed by atoms with Crippen LogP contribution in [0.25, 0.3) is 11.0 Å². The van der Waals surface area contributed by atoms with Crippen molar-refractivity contribution in [2.24, 2.45) is 0 Å². The summed E-state index contributed by atoms with van der Waals surface area (Å²) in [6, 6.07) is 8.50. The smallest absolute Gasteiger partial charge is 0.228 e. The molecule has 1 saturated heterocycles. The Hall–Kier alpha value is -3.36. The first-order valence-electron chi connectivity index (χ1n) is 13.1. The van der Waals surface area contributed by atoms with Crippen LogP contribution in [0.2, 0.25) is 0 Å². The average Bonchev–Trinajstić information content (AvgIpc) is 3.29. The van der Waals surface area contributed by atoms with Gasteiger partial charge in [-0.2, -0.15) is 10.1 Å². The molecule has 9 nitrogen and oxygen atoms in total. The number of hydrogen-bond donors (Lipinski definition) is 1. The molecule has 1 N–H and O–H groups in total. The van der Waals surface area contributed by atoms with Crippen LogP contribution in [0.4, 0.5) is 11.8 Å². The summed E-state index contributed by atoms with van der Waals surface area (Å²) in [5.41, 5.74) is 2.90. The molecule has 3 heterocycles. The topological polar surface area (TPSA) is 88.4 Å². The normalized spacial score (nSPS) is 15.1. The first kappa shape index (κ1) is 25.7. The summed E-state index contributed by atoms with van der Waals surface area (Å²) in [6.45, 7) is 14.9. The zero-order chi connectivity index (χ0) is 25.8. The highest BCUT2D eigenvalue weighted by atomic mass is 16.5. The number of nitrogens with zero attached hydrogens (tertiary/aromatic N) is 6. The number of aromatic nitrogens is 4. The summed E-state index contributed by atoms with van der Waals surface area (Å²) >= 11 is 0. The van der Waals surface area contributed by atoms with Crippen molar-refractivity contribution in [2.45, 2.75) is 72.6 Å². The minimum atomic E-state index is 0.0173. The second-order valence-corrected chi connectivity index (χ2v) is 9.76. The van der Waals surface area contributed by atoms with E-state index in [9.17, 15) is 4.79 Å². The van der Waals surface area contributed by atoms with Gasteiger partial charge in [0.1, 0.15) is 16.8 Å². The van der Waals surface area contributed by atoms with Crippen molar-refractivity contribution >= 4 is 28.7 Å². The minimum Gasteiger partial charge on any atom is -0.491 e. The van der Waals surface area contributed by atoms with Crippen LogP contribution in [0.15, 0.2) is 30.5 Å². The fourth-order valence-corrected chi connectivity index (χ4v) is 4.72. The summed E-state index contributed by atoms with van der Waals surface area (Å²) in [6.07, 6.45) is 3.95. The lowest BCUT2D eigenvalue weighted by molar-refractivity contribution is -0.129. The lowest BCUT2D eigenvalue weighted by Gasteiger charge is -2.34. The largest absolute Gasteiger partial charge is 0.491 e. The Morgan fingerprint density at radius 1 is 1.03 bits per heavy atom. The Bertz CT molecular complexity index is 1160. The zero-order valence-corrected chi connectivity index (χ0v) is 22.4. The molecule has 1 atom stereocenters. The number of ether oxygens (including phenoxy) is 1. The molecular weight excluding hydrogens is 454 g/mol. The van der Waals surface area contributed by atoms with E-state index >= 15 is 0 Å². The quantitative estimate of drug-likeness (QED) is 0.457. The van der Waals surface area contributed by atoms with Gasteiger partial charge in [-0.3, -0.25) is 9.48 Å². The Balaban J connectivity index is 1.66. The second-order valence-electron chi connectivity index (χ2n) is 9.76. The standard InChI is InChI=1S/C27H39N7O2/c1-7-22(8-2)34-25-24(17-28-34)30-27(33-15-13-32(14-16-33)20(6)35)31-26(25)29-19(5)21-9-11-23(12-10-21)36-18(3)4/h9-12,17-19,22H,7-8,13-16H2,1-6H3,(H,29,30,31). The van der Waals surface area contributed by atoms with E-state index in [1.54, 1.807) is 6.92 Å². The van der Waals surface area contributed by atoms with Gasteiger partial charge in [-0.05, 0) is 51.3 Å². The number of carbonyl (C=O) groups excluding carboxylic acids is 1. The van der Waals surface area contributed by atoms with Crippen LogP contribution in [0.3, 0.4) is 0 Å². The first-order valence-corrected chi connectivity index (χ1v) is 13.1. The molecule has 0 radical (unpaired) electrons. The van der Waals surface area contributed by atoms with E-state index in [0.29, 0.717) is 32.1 Å². The van der Waals surface area contributed by atoms with Gasteiger partial charge >= 0.3 is 0 Å². The Kier molecular flexibility index (Phi) is 7.96. The molecule has 0 spiro atoms. The van der Waals surface area contributed by atoms with Gasteiger partial charge in [0, 0.05) is 33.1 Å². The Morgan fingerprint density at radius 3 is 2.28 bits per heavy atom. The number of fused-ring (bicyclic) bond motifs is 1. The van der Waals surface area contributed by atoms with Gasteiger partial charge in [-0.15, -0.1) is 0 Å². The van der Waals surface area contributed by atoms with Gasteiger partial charge in [-0.25, -0.2) is 4.98 Å². The summed E-state index contributed by atoms with van der Waals surface area (Å²) < 4.78 is 7.87. The predicted molar refractivity (Wildman–Crippen MR) is 144 cm³/mol. The fraction of sp³-hybridized carbons (Fsp3) is 0.556. The molecular formula is C27H39N7O2. The Labute approximate surface area is 213 Å². The summed E-state index contributed by atoms with van der Waals surface area (Å²) in [5.74, 6) is 2.43. The second kappa shape index (κ2) is 11.1. The number of piperazine rings is 1. The van der Waals surface area contributed by atoms with Crippen molar-refractivity contribution in [1.29, 1.82) is 0 Å². The van der Waals surface area contributed by atoms with Crippen molar-refractivity contribution in [3.63, 3.8) is 0 Å². The average molecular weight is 494 g/mol. The molecule has 2 aromatic heterocycles. The minimum absolute atomic E-state index is 0.0173. The van der Waals surface area contributed by atoms with E-state index in [0.717, 1.165) is 41.0 Å². The molecule has 0 saturated carbocycles. The maximum atomic E-state index is 11.8. The number of carbonyl (C=O) groups is 1. The van der Waals surface area contributed by atoms with Crippen molar-refractivity contribution in [3.8, 4) is 5.75 Å². The van der Waals surface area contributed by atoms with Gasteiger partial charge in [0.2, 0.25) is 11.9 Å². The molecule has 4 rings (SSSR count). The third-order valence-corrected chi connectivity index (χ3v) is 6.83. The van der Waals surface area contributed by atoms with Crippen molar-refractivity contribution < 1.29 is 9.53 Å². The summed E-state index contributed by atoms with van der Waals surface area (Å²) in [7, 11) is 0. The van der Waals surface area contributed by atoms with E-state index in [2.05, 4.69) is 47.8 Å². The van der Waals surface area contributed by atoms with Crippen LogP contribution >= 0.6 is 0 Å². The van der Waals surface area contributed by atoms with E-state index in [-0.39, 0.29) is 24.1 Å². The molecule has 9 heteroatoms. The van der Waals surface area contributed by atoms with Crippen molar-refractivity contribution in [2.75, 3.05) is 36.4 Å². The molecule has 1 aliphatic heterocycles. The molecule has 1 aromatic carbocycles. The van der Waals surface area contributed by atoms with Gasteiger partial charge in [0.25, 0.3) is 0 Å². The van der Waals surface area contributed by atoms with Gasteiger partial charge in [-0.1, -0.05) is 26.0 Å². The van der Waals surface area contributed by atoms with Crippen LogP contribution < -0.4 is 15.0 Å². The monoisotopic (exact) mass is 493 g/mol. The molecule has 1 amide bonds. The molecule has 3 aromatic rings. The van der Waals surface area contributed by atoms with Crippen LogP contribution in [0, 0.1) is 0 Å². The lowest BCUT2D eigenvalue weighted by atomic mass is 10.1. The molecule has 194 valence electrons. The van der Waals surface area contributed by atoms with E-state index in [1.165, 1.54) is 0 Å². The maximum Gasteiger partial charge on any atom is 0.228 e. The van der Waals surface area contributed by atoms with Crippen LogP contribution in [0.1, 0.15) is 72.0 Å². The molecule has 0 aliphatic carbocycles. The zero-order valence-electron chi connectivity index (χ0n) is 22.4. The Morgan fingerprint density at radius 2 is 1.69 bits per heavy atom. The van der Waals surface area contributed by atoms with Gasteiger partial charge < -0.3 is 19.9 Å². The maximum absolute atomic E-state index is 11.8. The van der Waals surface area contributed by atoms with Crippen molar-refractivity contribution in [1.82, 2.24) is 24.6 Å². The van der Waals surface area contributed by atoms with Crippen molar-refractivity contribution in [3.05, 3.63) is 36.0 Å². The molecule has 0 bridgehead atoms. The number of rotatable bonds is 9. The highest BCUT2D eigenvalue weighted by molar-refractivity contribution is 5.87. The predicted octanol–water partition coefficient (Wildman–Crippen LogP) is 4.82. The number of anilines is 2. The molecule has 1 fully saturated rings. The van der Waals surface area contributed by atoms with Crippen LogP contribution in [0.5, 0.6) is 5.75 Å². The molecule has 36 heavy (non-hydrogen) atoms. The van der Waals surface area contributed by atoms with E-state index < -0.39 is 0 Å². The molecule has 1 aliphatic rings. The number of nitrogens with one attached hydrogen (secondary N) is 1. The SMILES string of the molecule is CCC(CC)n1ncc2nc(N3CCN(C(C)=O)CC3)nc(NC(C)c3ccc(OC(C)C)cc3)c21. The molecule has 1 unspecified atom stereocenters. The third kappa shape index (κ3) is 5.55. The van der Waals surface area contributed by atoms with Gasteiger partial charge in [0.05, 0.1) is 24.4 Å². The van der Waals surface area contributed by atoms with Crippen LogP contribution in [-0.4, -0.2) is 62.8 Å². The number of amides is 1. The van der Waals surface area contributed by atoms with Gasteiger partial charge in [0.15, 0.2) is 5.82 Å². The lowest BCUT2D eigenvalue weighted by Crippen LogP contribution is -2.48. The number of benzene rings is 1. The number of hydrogen-bond acceptors (Lipinski definition) is 7. The highest BCUT2D eigenvalue weighted by Gasteiger charge is 2.24. The van der Waals surface area contributed by atoms with E-state index in [4.69, 9.17) is 19.8 Å².